The number of carbonyl (C=O) groups is 2. The highest BCUT2D eigenvalue weighted by atomic mass is 16.5. The maximum absolute atomic E-state index is 12.9. The molecule has 0 saturated carbocycles. The third-order valence-electron chi connectivity index (χ3n) is 5.85. The standard InChI is InChI=1S/C20H27N3O4/c24-19-13-15(14-23(19)16-5-11-26-12-6-16)20(25)22-9-3-18(4-10-22)27-17-1-7-21-8-2-17/h1-2,7-8,15-16,18H,3-6,9-14H2/t15-/m1/s1. The van der Waals surface area contributed by atoms with Gasteiger partial charge >= 0.3 is 0 Å². The van der Waals surface area contributed by atoms with Gasteiger partial charge in [0.25, 0.3) is 0 Å². The molecule has 3 aliphatic heterocycles. The van der Waals surface area contributed by atoms with Crippen molar-refractivity contribution in [1.82, 2.24) is 14.8 Å². The maximum Gasteiger partial charge on any atom is 0.227 e. The summed E-state index contributed by atoms with van der Waals surface area (Å²) in [5, 5.41) is 0. The van der Waals surface area contributed by atoms with E-state index in [0.29, 0.717) is 39.3 Å². The van der Waals surface area contributed by atoms with Crippen LogP contribution in [0.25, 0.3) is 0 Å². The second-order valence-corrected chi connectivity index (χ2v) is 7.62. The van der Waals surface area contributed by atoms with Crippen molar-refractivity contribution >= 4 is 11.8 Å². The van der Waals surface area contributed by atoms with Gasteiger partial charge in [0.2, 0.25) is 11.8 Å². The van der Waals surface area contributed by atoms with E-state index in [0.717, 1.165) is 31.4 Å². The summed E-state index contributed by atoms with van der Waals surface area (Å²) in [4.78, 5) is 33.2. The normalized spacial score (nSPS) is 25.0. The van der Waals surface area contributed by atoms with Gasteiger partial charge in [-0.15, -0.1) is 0 Å². The number of hydrogen-bond acceptors (Lipinski definition) is 5. The second-order valence-electron chi connectivity index (χ2n) is 7.62. The molecule has 7 heteroatoms. The van der Waals surface area contributed by atoms with E-state index in [1.807, 2.05) is 21.9 Å². The number of aromatic nitrogens is 1. The van der Waals surface area contributed by atoms with Crippen LogP contribution in [0, 0.1) is 5.92 Å². The van der Waals surface area contributed by atoms with Crippen LogP contribution >= 0.6 is 0 Å². The minimum atomic E-state index is -0.196. The molecule has 4 heterocycles. The Hall–Kier alpha value is -2.15. The molecule has 3 fully saturated rings. The molecule has 0 spiro atoms. The van der Waals surface area contributed by atoms with Gasteiger partial charge in [-0.2, -0.15) is 0 Å². The zero-order chi connectivity index (χ0) is 18.6. The molecule has 0 radical (unpaired) electrons. The van der Waals surface area contributed by atoms with Gasteiger partial charge in [0.05, 0.1) is 5.92 Å². The average Bonchev–Trinajstić information content (AvgIpc) is 3.11. The minimum absolute atomic E-state index is 0.121. The van der Waals surface area contributed by atoms with Gasteiger partial charge in [-0.05, 0) is 25.0 Å². The molecule has 1 aromatic rings. The lowest BCUT2D eigenvalue weighted by Gasteiger charge is -2.34. The lowest BCUT2D eigenvalue weighted by molar-refractivity contribution is -0.137. The third kappa shape index (κ3) is 4.24. The number of pyridine rings is 1. The molecule has 27 heavy (non-hydrogen) atoms. The van der Waals surface area contributed by atoms with Gasteiger partial charge in [0.1, 0.15) is 11.9 Å². The Kier molecular flexibility index (Phi) is 5.57. The Morgan fingerprint density at radius 3 is 2.52 bits per heavy atom. The van der Waals surface area contributed by atoms with Crippen molar-refractivity contribution in [3.05, 3.63) is 24.5 Å². The molecule has 4 rings (SSSR count). The maximum atomic E-state index is 12.9. The number of piperidine rings is 1. The molecule has 146 valence electrons. The zero-order valence-corrected chi connectivity index (χ0v) is 15.6. The molecule has 2 amide bonds. The Morgan fingerprint density at radius 2 is 1.81 bits per heavy atom. The van der Waals surface area contributed by atoms with E-state index in [4.69, 9.17) is 9.47 Å². The first-order valence-corrected chi connectivity index (χ1v) is 9.93. The summed E-state index contributed by atoms with van der Waals surface area (Å²) in [5.74, 6) is 0.873. The smallest absolute Gasteiger partial charge is 0.227 e. The molecular weight excluding hydrogens is 346 g/mol. The van der Waals surface area contributed by atoms with Crippen LogP contribution < -0.4 is 4.74 Å². The predicted octanol–water partition coefficient (Wildman–Crippen LogP) is 1.48. The van der Waals surface area contributed by atoms with Gasteiger partial charge in [-0.3, -0.25) is 14.6 Å². The van der Waals surface area contributed by atoms with E-state index < -0.39 is 0 Å². The van der Waals surface area contributed by atoms with Crippen LogP contribution in [0.1, 0.15) is 32.1 Å². The number of likely N-dealkylation sites (tertiary alicyclic amines) is 2. The van der Waals surface area contributed by atoms with Crippen molar-refractivity contribution < 1.29 is 19.1 Å². The van der Waals surface area contributed by atoms with Crippen LogP contribution in [0.15, 0.2) is 24.5 Å². The molecule has 1 atom stereocenters. The van der Waals surface area contributed by atoms with Crippen molar-refractivity contribution in [2.45, 2.75) is 44.2 Å². The monoisotopic (exact) mass is 373 g/mol. The Morgan fingerprint density at radius 1 is 1.11 bits per heavy atom. The van der Waals surface area contributed by atoms with Crippen LogP contribution in [-0.2, 0) is 14.3 Å². The number of amides is 2. The average molecular weight is 373 g/mol. The first-order chi connectivity index (χ1) is 13.2. The van der Waals surface area contributed by atoms with Crippen LogP contribution in [0.4, 0.5) is 0 Å². The fourth-order valence-electron chi connectivity index (χ4n) is 4.31. The van der Waals surface area contributed by atoms with E-state index in [1.54, 1.807) is 12.4 Å². The molecular formula is C20H27N3O4. The number of carbonyl (C=O) groups excluding carboxylic acids is 2. The zero-order valence-electron chi connectivity index (χ0n) is 15.6. The quantitative estimate of drug-likeness (QED) is 0.799. The first kappa shape index (κ1) is 18.2. The molecule has 0 aromatic carbocycles. The van der Waals surface area contributed by atoms with Crippen molar-refractivity contribution in [2.75, 3.05) is 32.8 Å². The van der Waals surface area contributed by atoms with Crippen molar-refractivity contribution in [3.8, 4) is 5.75 Å². The summed E-state index contributed by atoms with van der Waals surface area (Å²) in [6.07, 6.45) is 7.31. The lowest BCUT2D eigenvalue weighted by atomic mass is 10.0. The van der Waals surface area contributed by atoms with Crippen LogP contribution in [0.2, 0.25) is 0 Å². The highest BCUT2D eigenvalue weighted by molar-refractivity contribution is 5.89. The number of rotatable bonds is 4. The molecule has 0 bridgehead atoms. The van der Waals surface area contributed by atoms with E-state index in [2.05, 4.69) is 4.98 Å². The SMILES string of the molecule is O=C([C@@H]1CC(=O)N(C2CCOCC2)C1)N1CCC(Oc2ccncc2)CC1. The van der Waals surface area contributed by atoms with E-state index >= 15 is 0 Å². The fourth-order valence-corrected chi connectivity index (χ4v) is 4.31. The third-order valence-corrected chi connectivity index (χ3v) is 5.85. The summed E-state index contributed by atoms with van der Waals surface area (Å²) < 4.78 is 11.4. The van der Waals surface area contributed by atoms with Gasteiger partial charge in [-0.25, -0.2) is 0 Å². The molecule has 7 nitrogen and oxygen atoms in total. The largest absolute Gasteiger partial charge is 0.490 e. The Balaban J connectivity index is 1.27. The first-order valence-electron chi connectivity index (χ1n) is 9.93. The van der Waals surface area contributed by atoms with Crippen LogP contribution in [0.5, 0.6) is 5.75 Å². The second kappa shape index (κ2) is 8.25. The minimum Gasteiger partial charge on any atom is -0.490 e. The number of nitrogens with zero attached hydrogens (tertiary/aromatic N) is 3. The van der Waals surface area contributed by atoms with E-state index in [9.17, 15) is 9.59 Å². The van der Waals surface area contributed by atoms with Crippen molar-refractivity contribution in [2.24, 2.45) is 5.92 Å². The Bertz CT molecular complexity index is 654. The number of hydrogen-bond donors (Lipinski definition) is 0. The van der Waals surface area contributed by atoms with Gasteiger partial charge in [0, 0.05) is 70.5 Å². The summed E-state index contributed by atoms with van der Waals surface area (Å²) >= 11 is 0. The Labute approximate surface area is 159 Å². The predicted molar refractivity (Wildman–Crippen MR) is 98.1 cm³/mol. The summed E-state index contributed by atoms with van der Waals surface area (Å²) in [7, 11) is 0. The van der Waals surface area contributed by atoms with E-state index in [-0.39, 0.29) is 29.9 Å². The summed E-state index contributed by atoms with van der Waals surface area (Å²) in [6.45, 7) is 3.36. The number of ether oxygens (including phenoxy) is 2. The summed E-state index contributed by atoms with van der Waals surface area (Å²) in [6, 6.07) is 3.95. The lowest BCUT2D eigenvalue weighted by Crippen LogP contribution is -2.45. The molecule has 0 N–H and O–H groups in total. The van der Waals surface area contributed by atoms with Crippen molar-refractivity contribution in [3.63, 3.8) is 0 Å². The van der Waals surface area contributed by atoms with Crippen LogP contribution in [0.3, 0.4) is 0 Å². The molecule has 1 aromatic heterocycles. The summed E-state index contributed by atoms with van der Waals surface area (Å²) in [5.41, 5.74) is 0. The van der Waals surface area contributed by atoms with Gasteiger partial charge in [-0.1, -0.05) is 0 Å². The molecule has 3 saturated heterocycles. The van der Waals surface area contributed by atoms with E-state index in [1.165, 1.54) is 0 Å². The highest BCUT2D eigenvalue weighted by Crippen LogP contribution is 2.27. The molecule has 0 unspecified atom stereocenters. The van der Waals surface area contributed by atoms with Gasteiger partial charge in [0.15, 0.2) is 0 Å². The highest BCUT2D eigenvalue weighted by Gasteiger charge is 2.40. The topological polar surface area (TPSA) is 72.0 Å². The van der Waals surface area contributed by atoms with Gasteiger partial charge < -0.3 is 19.3 Å². The van der Waals surface area contributed by atoms with Crippen molar-refractivity contribution in [1.29, 1.82) is 0 Å². The van der Waals surface area contributed by atoms with Crippen LogP contribution in [-0.4, -0.2) is 71.6 Å². The fraction of sp³-hybridized carbons (Fsp3) is 0.650. The molecule has 0 aliphatic carbocycles. The molecule has 3 aliphatic rings.